The van der Waals surface area contributed by atoms with Gasteiger partial charge in [-0.05, 0) is 36.8 Å². The summed E-state index contributed by atoms with van der Waals surface area (Å²) >= 11 is 0. The summed E-state index contributed by atoms with van der Waals surface area (Å²) in [6.07, 6.45) is -1.12. The van der Waals surface area contributed by atoms with Crippen molar-refractivity contribution in [1.82, 2.24) is 10.2 Å². The Kier molecular flexibility index (Phi) is 6.38. The average Bonchev–Trinajstić information content (AvgIpc) is 2.85. The molecule has 1 aromatic carbocycles. The zero-order chi connectivity index (χ0) is 17.3. The number of alkyl halides is 3. The molecule has 0 spiro atoms. The fraction of sp³-hybridized carbons (Fsp3) is 0.611. The van der Waals surface area contributed by atoms with E-state index >= 15 is 0 Å². The maximum absolute atomic E-state index is 13.2. The topological polar surface area (TPSA) is 32.3 Å². The van der Waals surface area contributed by atoms with Gasteiger partial charge in [0.1, 0.15) is 0 Å². The predicted molar refractivity (Wildman–Crippen MR) is 92.9 cm³/mol. The largest absolute Gasteiger partial charge is 0.416 e. The number of rotatable bonds is 3. The highest BCUT2D eigenvalue weighted by Gasteiger charge is 2.35. The lowest BCUT2D eigenvalue weighted by Gasteiger charge is -2.26. The fourth-order valence-corrected chi connectivity index (χ4v) is 3.86. The lowest BCUT2D eigenvalue weighted by molar-refractivity contribution is -0.139. The fourth-order valence-electron chi connectivity index (χ4n) is 3.86. The van der Waals surface area contributed by atoms with Crippen LogP contribution in [-0.2, 0) is 11.0 Å². The van der Waals surface area contributed by atoms with Crippen LogP contribution in [0.3, 0.4) is 0 Å². The molecule has 3 unspecified atom stereocenters. The van der Waals surface area contributed by atoms with Crippen molar-refractivity contribution in [1.29, 1.82) is 0 Å². The third-order valence-electron chi connectivity index (χ3n) is 5.15. The Bertz CT molecular complexity index is 608. The minimum atomic E-state index is -4.39. The molecule has 2 heterocycles. The van der Waals surface area contributed by atoms with Gasteiger partial charge in [0.25, 0.3) is 0 Å². The number of hydrogen-bond acceptors (Lipinski definition) is 2. The van der Waals surface area contributed by atoms with Gasteiger partial charge in [-0.1, -0.05) is 25.1 Å². The van der Waals surface area contributed by atoms with Crippen LogP contribution in [0.25, 0.3) is 0 Å². The Labute approximate surface area is 152 Å². The number of benzene rings is 1. The normalized spacial score (nSPS) is 24.4. The van der Waals surface area contributed by atoms with E-state index in [4.69, 9.17) is 0 Å². The lowest BCUT2D eigenvalue weighted by Crippen LogP contribution is -2.39. The Morgan fingerprint density at radius 3 is 2.64 bits per heavy atom. The third-order valence-corrected chi connectivity index (χ3v) is 5.15. The Morgan fingerprint density at radius 1 is 1.24 bits per heavy atom. The van der Waals surface area contributed by atoms with Gasteiger partial charge in [0.05, 0.1) is 5.56 Å². The summed E-state index contributed by atoms with van der Waals surface area (Å²) in [6.45, 7) is 3.06. The SMILES string of the molecule is CC(CC(=O)N1CCC2CCC(C1)N2)c1ccccc1C(F)(F)F.Cl. The Morgan fingerprint density at radius 2 is 1.92 bits per heavy atom. The summed E-state index contributed by atoms with van der Waals surface area (Å²) in [7, 11) is 0. The second-order valence-corrected chi connectivity index (χ2v) is 6.96. The minimum absolute atomic E-state index is 0. The van der Waals surface area contributed by atoms with E-state index in [0.717, 1.165) is 25.3 Å². The van der Waals surface area contributed by atoms with Gasteiger partial charge in [-0.25, -0.2) is 0 Å². The van der Waals surface area contributed by atoms with E-state index in [1.165, 1.54) is 12.1 Å². The highest BCUT2D eigenvalue weighted by atomic mass is 35.5. The monoisotopic (exact) mass is 376 g/mol. The Balaban J connectivity index is 0.00000225. The molecule has 25 heavy (non-hydrogen) atoms. The standard InChI is InChI=1S/C18H23F3N2O.ClH/c1-12(15-4-2-3-5-16(15)18(19,20)21)10-17(24)23-9-8-13-6-7-14(11-23)22-13;/h2-5,12-14,22H,6-11H2,1H3;1H. The van der Waals surface area contributed by atoms with Crippen LogP contribution in [0, 0.1) is 0 Å². The number of fused-ring (bicyclic) bond motifs is 2. The number of hydrogen-bond donors (Lipinski definition) is 1. The van der Waals surface area contributed by atoms with Crippen molar-refractivity contribution in [3.63, 3.8) is 0 Å². The molecule has 1 N–H and O–H groups in total. The molecule has 1 amide bonds. The highest BCUT2D eigenvalue weighted by Crippen LogP contribution is 2.36. The van der Waals surface area contributed by atoms with Crippen molar-refractivity contribution in [3.8, 4) is 0 Å². The second kappa shape index (κ2) is 7.96. The molecule has 1 aromatic rings. The molecular formula is C18H24ClF3N2O. The van der Waals surface area contributed by atoms with E-state index in [1.54, 1.807) is 13.0 Å². The van der Waals surface area contributed by atoms with E-state index in [9.17, 15) is 18.0 Å². The van der Waals surface area contributed by atoms with Crippen LogP contribution < -0.4 is 5.32 Å². The zero-order valence-corrected chi connectivity index (χ0v) is 15.0. The van der Waals surface area contributed by atoms with Crippen molar-refractivity contribution >= 4 is 18.3 Å². The molecule has 2 saturated heterocycles. The number of amides is 1. The van der Waals surface area contributed by atoms with Crippen molar-refractivity contribution in [3.05, 3.63) is 35.4 Å². The van der Waals surface area contributed by atoms with E-state index in [-0.39, 0.29) is 30.3 Å². The highest BCUT2D eigenvalue weighted by molar-refractivity contribution is 5.85. The van der Waals surface area contributed by atoms with Gasteiger partial charge < -0.3 is 10.2 Å². The van der Waals surface area contributed by atoms with Crippen LogP contribution in [-0.4, -0.2) is 36.0 Å². The maximum atomic E-state index is 13.2. The van der Waals surface area contributed by atoms with Crippen molar-refractivity contribution in [2.24, 2.45) is 0 Å². The maximum Gasteiger partial charge on any atom is 0.416 e. The van der Waals surface area contributed by atoms with Gasteiger partial charge in [0.2, 0.25) is 5.91 Å². The van der Waals surface area contributed by atoms with E-state index < -0.39 is 17.7 Å². The molecule has 0 aromatic heterocycles. The first-order valence-corrected chi connectivity index (χ1v) is 8.54. The Hall–Kier alpha value is -1.27. The molecule has 3 atom stereocenters. The van der Waals surface area contributed by atoms with Crippen LogP contribution in [0.1, 0.15) is 49.7 Å². The summed E-state index contributed by atoms with van der Waals surface area (Å²) in [6, 6.07) is 6.37. The number of carbonyl (C=O) groups excluding carboxylic acids is 1. The van der Waals surface area contributed by atoms with Crippen LogP contribution in [0.4, 0.5) is 13.2 Å². The van der Waals surface area contributed by atoms with Gasteiger partial charge in [0.15, 0.2) is 0 Å². The number of likely N-dealkylation sites (tertiary alicyclic amines) is 1. The number of carbonyl (C=O) groups is 1. The first kappa shape index (κ1) is 20.0. The molecule has 0 saturated carbocycles. The molecule has 0 radical (unpaired) electrons. The van der Waals surface area contributed by atoms with Gasteiger partial charge >= 0.3 is 6.18 Å². The van der Waals surface area contributed by atoms with E-state index in [0.29, 0.717) is 25.2 Å². The molecule has 2 bridgehead atoms. The number of nitrogens with zero attached hydrogens (tertiary/aromatic N) is 1. The first-order chi connectivity index (χ1) is 11.3. The summed E-state index contributed by atoms with van der Waals surface area (Å²) in [5, 5.41) is 3.51. The lowest BCUT2D eigenvalue weighted by atomic mass is 9.92. The van der Waals surface area contributed by atoms with Crippen molar-refractivity contribution in [2.45, 2.75) is 56.8 Å². The van der Waals surface area contributed by atoms with Crippen LogP contribution in [0.15, 0.2) is 24.3 Å². The first-order valence-electron chi connectivity index (χ1n) is 8.54. The minimum Gasteiger partial charge on any atom is -0.341 e. The summed E-state index contributed by atoms with van der Waals surface area (Å²) in [5.41, 5.74) is -0.435. The van der Waals surface area contributed by atoms with Crippen molar-refractivity contribution < 1.29 is 18.0 Å². The molecule has 140 valence electrons. The van der Waals surface area contributed by atoms with Gasteiger partial charge in [-0.15, -0.1) is 12.4 Å². The van der Waals surface area contributed by atoms with Crippen molar-refractivity contribution in [2.75, 3.05) is 13.1 Å². The number of nitrogens with one attached hydrogen (secondary N) is 1. The summed E-state index contributed by atoms with van der Waals surface area (Å²) in [4.78, 5) is 14.4. The molecule has 2 aliphatic rings. The van der Waals surface area contributed by atoms with Crippen LogP contribution >= 0.6 is 12.4 Å². The summed E-state index contributed by atoms with van der Waals surface area (Å²) in [5.74, 6) is -0.502. The van der Waals surface area contributed by atoms with Gasteiger partial charge in [0, 0.05) is 31.6 Å². The van der Waals surface area contributed by atoms with Gasteiger partial charge in [-0.2, -0.15) is 13.2 Å². The van der Waals surface area contributed by atoms with Crippen LogP contribution in [0.2, 0.25) is 0 Å². The second-order valence-electron chi connectivity index (χ2n) is 6.96. The average molecular weight is 377 g/mol. The zero-order valence-electron chi connectivity index (χ0n) is 14.2. The smallest absolute Gasteiger partial charge is 0.341 e. The molecule has 3 rings (SSSR count). The molecule has 7 heteroatoms. The molecule has 0 aliphatic carbocycles. The predicted octanol–water partition coefficient (Wildman–Crippen LogP) is 3.97. The molecular weight excluding hydrogens is 353 g/mol. The molecule has 2 aliphatic heterocycles. The van der Waals surface area contributed by atoms with Crippen LogP contribution in [0.5, 0.6) is 0 Å². The molecule has 2 fully saturated rings. The van der Waals surface area contributed by atoms with E-state index in [1.807, 2.05) is 4.90 Å². The summed E-state index contributed by atoms with van der Waals surface area (Å²) < 4.78 is 39.5. The molecule has 3 nitrogen and oxygen atoms in total. The van der Waals surface area contributed by atoms with Gasteiger partial charge in [-0.3, -0.25) is 4.79 Å². The quantitative estimate of drug-likeness (QED) is 0.865. The third kappa shape index (κ3) is 4.67. The van der Waals surface area contributed by atoms with E-state index in [2.05, 4.69) is 5.32 Å². The number of halogens is 4.